The lowest BCUT2D eigenvalue weighted by atomic mass is 10.1. The minimum absolute atomic E-state index is 0. The number of nitrogens with two attached hydrogens (primary N) is 3. The van der Waals surface area contributed by atoms with E-state index in [1.165, 1.54) is 11.4 Å². The van der Waals surface area contributed by atoms with Crippen LogP contribution in [0.15, 0.2) is 97.3 Å². The highest BCUT2D eigenvalue weighted by atomic mass is 79.9. The quantitative estimate of drug-likeness (QED) is 0.0528. The monoisotopic (exact) mass is 936 g/mol. The lowest BCUT2D eigenvalue weighted by molar-refractivity contribution is -0.117. The number of benzene rings is 2. The number of amides is 2. The normalized spacial score (nSPS) is 13.5. The van der Waals surface area contributed by atoms with E-state index in [1.54, 1.807) is 6.20 Å². The van der Waals surface area contributed by atoms with Crippen LogP contribution in [0, 0.1) is 0 Å². The van der Waals surface area contributed by atoms with E-state index < -0.39 is 0 Å². The zero-order chi connectivity index (χ0) is 44.2. The van der Waals surface area contributed by atoms with Gasteiger partial charge in [-0.1, -0.05) is 47.6 Å². The summed E-state index contributed by atoms with van der Waals surface area (Å²) >= 11 is 2.84. The summed E-state index contributed by atoms with van der Waals surface area (Å²) in [5, 5.41) is 12.1. The number of aromatic nitrogens is 4. The van der Waals surface area contributed by atoms with Gasteiger partial charge >= 0.3 is 0 Å². The van der Waals surface area contributed by atoms with Crippen molar-refractivity contribution in [2.75, 3.05) is 111 Å². The third kappa shape index (κ3) is 14.5. The second-order valence-corrected chi connectivity index (χ2v) is 15.3. The summed E-state index contributed by atoms with van der Waals surface area (Å²) < 4.78 is 10.9. The Labute approximate surface area is 383 Å². The van der Waals surface area contributed by atoms with Crippen molar-refractivity contribution in [1.82, 2.24) is 25.3 Å². The zero-order valence-corrected chi connectivity index (χ0v) is 37.1. The Morgan fingerprint density at radius 1 is 0.641 bits per heavy atom. The lowest BCUT2D eigenvalue weighted by Gasteiger charge is -2.28. The van der Waals surface area contributed by atoms with Gasteiger partial charge in [0.1, 0.15) is 11.6 Å². The van der Waals surface area contributed by atoms with Gasteiger partial charge < -0.3 is 52.4 Å². The Morgan fingerprint density at radius 3 is 1.48 bits per heavy atom. The molecule has 6 aromatic rings. The Hall–Kier alpha value is -5.98. The summed E-state index contributed by atoms with van der Waals surface area (Å²) in [7, 11) is 0. The number of hydrogen-bond acceptors (Lipinski definition) is 14. The first-order chi connectivity index (χ1) is 30.8. The lowest BCUT2D eigenvalue weighted by Crippen LogP contribution is -2.36. The van der Waals surface area contributed by atoms with Gasteiger partial charge in [-0.2, -0.15) is 0 Å². The van der Waals surface area contributed by atoms with E-state index in [1.807, 2.05) is 42.6 Å². The van der Waals surface area contributed by atoms with Crippen LogP contribution in [0.4, 0.5) is 23.0 Å². The Morgan fingerprint density at radius 2 is 1.08 bits per heavy atom. The highest BCUT2D eigenvalue weighted by Gasteiger charge is 2.15. The first-order valence-electron chi connectivity index (χ1n) is 21.2. The molecule has 0 spiro atoms. The molecular formula is C47H61BrN12O4. The third-order valence-corrected chi connectivity index (χ3v) is 10.8. The van der Waals surface area contributed by atoms with E-state index in [0.717, 1.165) is 134 Å². The third-order valence-electron chi connectivity index (χ3n) is 10.2. The van der Waals surface area contributed by atoms with Gasteiger partial charge in [-0.05, 0) is 86.6 Å². The van der Waals surface area contributed by atoms with Crippen LogP contribution in [-0.4, -0.2) is 122 Å². The van der Waals surface area contributed by atoms with Crippen LogP contribution in [0.3, 0.4) is 0 Å². The number of morpholine rings is 2. The van der Waals surface area contributed by atoms with Crippen LogP contribution in [0.2, 0.25) is 0 Å². The number of anilines is 4. The molecule has 2 amide bonds. The molecule has 0 aliphatic carbocycles. The number of ether oxygens (including phenoxy) is 2. The molecule has 0 atom stereocenters. The van der Waals surface area contributed by atoms with Gasteiger partial charge in [0, 0.05) is 84.9 Å². The fourth-order valence-corrected chi connectivity index (χ4v) is 6.99. The number of hydrogen-bond donors (Lipinski definition) is 6. The highest BCUT2D eigenvalue weighted by molar-refractivity contribution is 9.09. The van der Waals surface area contributed by atoms with Crippen LogP contribution in [-0.2, 0) is 19.1 Å². The topological polar surface area (TPSA) is 225 Å². The standard InChI is InChI=1S/C23H28N6O2.C21H25N5O.C2H4BrNO.CH4/c24-22(30)16-25-8-2-10-27-23-19-3-1-9-26-21(19)15-20(28-23)17-4-6-18(7-5-17)29-11-13-31-14-12-29;22-8-2-10-24-21-18-3-1-9-23-20(18)15-19(25-21)16-4-6-17(7-5-16)26-11-13-27-14-12-26;3-1-2(4)5;/h1,3-7,9,15,25H,2,8,10-14,16H2,(H2,24,30)(H,27,28);1,3-7,9,15H,2,8,10-14,22H2,(H,24,25);1H2,(H2,4,5);1H4. The van der Waals surface area contributed by atoms with Crippen molar-refractivity contribution < 1.29 is 19.1 Å². The van der Waals surface area contributed by atoms with Crippen molar-refractivity contribution in [3.8, 4) is 22.5 Å². The van der Waals surface area contributed by atoms with Crippen molar-refractivity contribution in [3.05, 3.63) is 97.3 Å². The van der Waals surface area contributed by atoms with Gasteiger partial charge in [0.25, 0.3) is 0 Å². The average Bonchev–Trinajstić information content (AvgIpc) is 3.33. The maximum absolute atomic E-state index is 10.8. The molecule has 2 saturated heterocycles. The summed E-state index contributed by atoms with van der Waals surface area (Å²) in [5.41, 5.74) is 23.6. The number of halogens is 1. The van der Waals surface area contributed by atoms with Crippen LogP contribution in [0.5, 0.6) is 0 Å². The van der Waals surface area contributed by atoms with E-state index in [4.69, 9.17) is 30.9 Å². The number of alkyl halides is 1. The molecule has 17 heteroatoms. The predicted octanol–water partition coefficient (Wildman–Crippen LogP) is 5.41. The molecule has 2 fully saturated rings. The van der Waals surface area contributed by atoms with Gasteiger partial charge in [-0.15, -0.1) is 0 Å². The van der Waals surface area contributed by atoms with E-state index >= 15 is 0 Å². The number of rotatable bonds is 16. The number of nitrogens with zero attached hydrogens (tertiary/aromatic N) is 6. The summed E-state index contributed by atoms with van der Waals surface area (Å²) in [6.45, 7) is 9.91. The van der Waals surface area contributed by atoms with Crippen molar-refractivity contribution in [1.29, 1.82) is 0 Å². The van der Waals surface area contributed by atoms with Gasteiger partial charge in [-0.3, -0.25) is 19.6 Å². The smallest absolute Gasteiger partial charge is 0.231 e. The Kier molecular flexibility index (Phi) is 19.9. The average molecular weight is 938 g/mol. The number of nitrogens with one attached hydrogen (secondary N) is 3. The van der Waals surface area contributed by atoms with E-state index in [2.05, 4.69) is 106 Å². The van der Waals surface area contributed by atoms with Crippen molar-refractivity contribution >= 4 is 72.6 Å². The predicted molar refractivity (Wildman–Crippen MR) is 263 cm³/mol. The SMILES string of the molecule is C.NC(=O)CBr.NC(=O)CNCCCNc1nc(-c2ccc(N3CCOCC3)cc2)cc2ncccc12.NCCCNc1nc(-c2ccc(N3CCOCC3)cc2)cc2ncccc12. The maximum atomic E-state index is 10.8. The molecule has 2 aliphatic heterocycles. The number of carbonyl (C=O) groups is 2. The van der Waals surface area contributed by atoms with Crippen molar-refractivity contribution in [3.63, 3.8) is 0 Å². The highest BCUT2D eigenvalue weighted by Crippen LogP contribution is 2.30. The Balaban J connectivity index is 0.000000216. The summed E-state index contributed by atoms with van der Waals surface area (Å²) in [5.74, 6) is 0.998. The first kappa shape index (κ1) is 49.0. The Bertz CT molecular complexity index is 2360. The molecule has 0 radical (unpaired) electrons. The fraction of sp³-hybridized carbons (Fsp3) is 0.362. The summed E-state index contributed by atoms with van der Waals surface area (Å²) in [6, 6.07) is 29.1. The maximum Gasteiger partial charge on any atom is 0.231 e. The molecule has 2 aromatic carbocycles. The summed E-state index contributed by atoms with van der Waals surface area (Å²) in [6.07, 6.45) is 5.36. The molecule has 0 saturated carbocycles. The molecule has 16 nitrogen and oxygen atoms in total. The number of pyridine rings is 4. The minimum Gasteiger partial charge on any atom is -0.378 e. The van der Waals surface area contributed by atoms with Crippen LogP contribution in [0.1, 0.15) is 20.3 Å². The van der Waals surface area contributed by atoms with Gasteiger partial charge in [0.2, 0.25) is 11.8 Å². The molecule has 6 heterocycles. The fourth-order valence-electron chi connectivity index (χ4n) is 6.99. The van der Waals surface area contributed by atoms with Crippen LogP contribution >= 0.6 is 15.9 Å². The molecule has 9 N–H and O–H groups in total. The van der Waals surface area contributed by atoms with E-state index in [9.17, 15) is 9.59 Å². The molecular weight excluding hydrogens is 877 g/mol. The van der Waals surface area contributed by atoms with Gasteiger partial charge in [0.15, 0.2) is 0 Å². The van der Waals surface area contributed by atoms with Crippen molar-refractivity contribution in [2.45, 2.75) is 20.3 Å². The second kappa shape index (κ2) is 26.0. The largest absolute Gasteiger partial charge is 0.378 e. The number of primary amides is 2. The first-order valence-corrected chi connectivity index (χ1v) is 22.3. The zero-order valence-electron chi connectivity index (χ0n) is 35.5. The van der Waals surface area contributed by atoms with Gasteiger partial charge in [0.05, 0.1) is 60.7 Å². The number of carbonyl (C=O) groups excluding carboxylic acids is 2. The number of fused-ring (bicyclic) bond motifs is 2. The molecule has 64 heavy (non-hydrogen) atoms. The van der Waals surface area contributed by atoms with Gasteiger partial charge in [-0.25, -0.2) is 9.97 Å². The molecule has 340 valence electrons. The molecule has 2 aliphatic rings. The molecule has 8 rings (SSSR count). The summed E-state index contributed by atoms with van der Waals surface area (Å²) in [4.78, 5) is 43.8. The van der Waals surface area contributed by atoms with Crippen molar-refractivity contribution in [2.24, 2.45) is 17.2 Å². The second-order valence-electron chi connectivity index (χ2n) is 14.7. The minimum atomic E-state index is -0.348. The van der Waals surface area contributed by atoms with E-state index in [-0.39, 0.29) is 31.1 Å². The molecule has 0 unspecified atom stereocenters. The molecule has 4 aromatic heterocycles. The van der Waals surface area contributed by atoms with Crippen LogP contribution in [0.25, 0.3) is 44.3 Å². The van der Waals surface area contributed by atoms with Crippen LogP contribution < -0.4 is 43.0 Å². The molecule has 0 bridgehead atoms. The van der Waals surface area contributed by atoms with E-state index in [0.29, 0.717) is 13.1 Å².